The number of aryl methyl sites for hydroxylation is 2. The third kappa shape index (κ3) is 12.2. The predicted molar refractivity (Wildman–Crippen MR) is 241 cm³/mol. The first kappa shape index (κ1) is 49.9. The molecule has 0 N–H and O–H groups in total. The average molecular weight is 883 g/mol. The van der Waals surface area contributed by atoms with Crippen molar-refractivity contribution in [3.63, 3.8) is 0 Å². The van der Waals surface area contributed by atoms with E-state index in [1.807, 2.05) is 0 Å². The largest absolute Gasteiger partial charge is 1.00 e. The Bertz CT molecular complexity index is 1990. The van der Waals surface area contributed by atoms with Crippen LogP contribution >= 0.6 is 0 Å². The second kappa shape index (κ2) is 21.7. The van der Waals surface area contributed by atoms with Gasteiger partial charge in [-0.25, -0.2) is 0 Å². The molecule has 2 unspecified atom stereocenters. The van der Waals surface area contributed by atoms with E-state index < -0.39 is 0 Å². The van der Waals surface area contributed by atoms with Gasteiger partial charge in [0.25, 0.3) is 0 Å². The van der Waals surface area contributed by atoms with E-state index in [0.29, 0.717) is 11.8 Å². The van der Waals surface area contributed by atoms with Gasteiger partial charge < -0.3 is 24.8 Å². The minimum atomic E-state index is 0. The molecule has 0 aliphatic rings. The van der Waals surface area contributed by atoms with E-state index in [2.05, 4.69) is 194 Å². The summed E-state index contributed by atoms with van der Waals surface area (Å²) >= 11 is 1.79. The van der Waals surface area contributed by atoms with Crippen LogP contribution in [0.3, 0.4) is 0 Å². The molecule has 0 heterocycles. The molecular weight excluding hydrogens is 815 g/mol. The summed E-state index contributed by atoms with van der Waals surface area (Å²) in [5, 5.41) is 5.55. The Labute approximate surface area is 369 Å². The third-order valence-corrected chi connectivity index (χ3v) is 14.5. The Morgan fingerprint density at radius 2 is 0.911 bits per heavy atom. The van der Waals surface area contributed by atoms with Crippen LogP contribution in [-0.4, -0.2) is 5.43 Å². The number of benzene rings is 4. The van der Waals surface area contributed by atoms with Crippen LogP contribution in [0.2, 0.25) is 12.6 Å². The van der Waals surface area contributed by atoms with Crippen LogP contribution in [0.1, 0.15) is 141 Å². The SMILES string of the molecule is CCC(C)c1ccc(-c2cccc3[cH-]c(C(C)(C)C)c(C)c23)cc1.CCC(C)c1ccc(-c2cccc3[cH-]c(C(C)(C)C)c(C)c23)cc1.CCC[Si](C)=[Zr+2].[Cl-].[Cl-]. The van der Waals surface area contributed by atoms with Gasteiger partial charge in [0.2, 0.25) is 0 Å². The minimum Gasteiger partial charge on any atom is -1.00 e. The maximum Gasteiger partial charge on any atom is -1.00 e. The molecule has 0 amide bonds. The molecule has 0 radical (unpaired) electrons. The zero-order valence-corrected chi connectivity index (χ0v) is 41.9. The smallest absolute Gasteiger partial charge is 1.00 e. The van der Waals surface area contributed by atoms with E-state index in [-0.39, 0.29) is 41.1 Å². The van der Waals surface area contributed by atoms with E-state index in [9.17, 15) is 0 Å². The van der Waals surface area contributed by atoms with Gasteiger partial charge in [0, 0.05) is 0 Å². The summed E-state index contributed by atoms with van der Waals surface area (Å²) in [6.45, 7) is 32.1. The molecule has 0 saturated heterocycles. The molecule has 6 aromatic carbocycles. The molecule has 6 aromatic rings. The van der Waals surface area contributed by atoms with Crippen LogP contribution in [-0.2, 0) is 34.2 Å². The monoisotopic (exact) mass is 880 g/mol. The van der Waals surface area contributed by atoms with Crippen LogP contribution in [0.4, 0.5) is 0 Å². The van der Waals surface area contributed by atoms with E-state index in [4.69, 9.17) is 0 Å². The number of halogens is 2. The Hall–Kier alpha value is -2.22. The normalized spacial score (nSPS) is 12.4. The fraction of sp³-hybridized carbons (Fsp3) is 0.423. The molecule has 6 rings (SSSR count). The summed E-state index contributed by atoms with van der Waals surface area (Å²) < 4.78 is 0. The van der Waals surface area contributed by atoms with Crippen molar-refractivity contribution in [2.75, 3.05) is 0 Å². The Morgan fingerprint density at radius 1 is 0.571 bits per heavy atom. The van der Waals surface area contributed by atoms with Gasteiger partial charge in [0.05, 0.1) is 0 Å². The Morgan fingerprint density at radius 3 is 1.16 bits per heavy atom. The second-order valence-corrected chi connectivity index (χ2v) is 26.2. The van der Waals surface area contributed by atoms with Crippen LogP contribution in [0.15, 0.2) is 97.1 Å². The van der Waals surface area contributed by atoms with Crippen molar-refractivity contribution >= 4 is 27.0 Å². The summed E-state index contributed by atoms with van der Waals surface area (Å²) in [5.74, 6) is 1.26. The van der Waals surface area contributed by atoms with Crippen molar-refractivity contribution in [3.8, 4) is 22.3 Å². The van der Waals surface area contributed by atoms with Gasteiger partial charge in [0.15, 0.2) is 0 Å². The zero-order chi connectivity index (χ0) is 40.0. The summed E-state index contributed by atoms with van der Waals surface area (Å²) in [5.41, 5.74) is 14.6. The minimum absolute atomic E-state index is 0. The van der Waals surface area contributed by atoms with E-state index in [0.717, 1.165) is 0 Å². The first-order valence-corrected chi connectivity index (χ1v) is 26.5. The first-order chi connectivity index (χ1) is 25.4. The van der Waals surface area contributed by atoms with Crippen molar-refractivity contribution in [1.82, 2.24) is 0 Å². The van der Waals surface area contributed by atoms with Gasteiger partial charge in [-0.1, -0.05) is 155 Å². The Kier molecular flexibility index (Phi) is 19.3. The van der Waals surface area contributed by atoms with Crippen molar-refractivity contribution in [1.29, 1.82) is 0 Å². The summed E-state index contributed by atoms with van der Waals surface area (Å²) in [4.78, 5) is 0. The summed E-state index contributed by atoms with van der Waals surface area (Å²) in [7, 11) is 0. The number of fused-ring (bicyclic) bond motifs is 2. The fourth-order valence-electron chi connectivity index (χ4n) is 7.88. The zero-order valence-electron chi connectivity index (χ0n) is 37.0. The van der Waals surface area contributed by atoms with Gasteiger partial charge in [0.1, 0.15) is 0 Å². The van der Waals surface area contributed by atoms with E-state index >= 15 is 0 Å². The summed E-state index contributed by atoms with van der Waals surface area (Å²) in [6.07, 6.45) is 3.77. The molecule has 0 saturated carbocycles. The maximum absolute atomic E-state index is 2.40. The second-order valence-electron chi connectivity index (χ2n) is 17.8. The quantitative estimate of drug-likeness (QED) is 0.106. The molecule has 0 fully saturated rings. The van der Waals surface area contributed by atoms with Crippen molar-refractivity contribution < 1.29 is 48.1 Å². The number of hydrogen-bond acceptors (Lipinski definition) is 0. The van der Waals surface area contributed by atoms with Crippen molar-refractivity contribution in [2.45, 2.75) is 145 Å². The molecule has 0 nitrogen and oxygen atoms in total. The van der Waals surface area contributed by atoms with E-state index in [1.54, 1.807) is 23.3 Å². The molecule has 0 spiro atoms. The molecule has 300 valence electrons. The number of hydrogen-bond donors (Lipinski definition) is 0. The molecule has 0 aromatic heterocycles. The molecule has 2 atom stereocenters. The van der Waals surface area contributed by atoms with Crippen LogP contribution in [0, 0.1) is 13.8 Å². The maximum atomic E-state index is 2.40. The van der Waals surface area contributed by atoms with Crippen LogP contribution < -0.4 is 24.8 Å². The molecule has 4 heteroatoms. The van der Waals surface area contributed by atoms with Gasteiger partial charge in [-0.05, 0) is 57.8 Å². The Balaban J connectivity index is 0.000000328. The van der Waals surface area contributed by atoms with Gasteiger partial charge in [-0.15, -0.1) is 69.1 Å². The van der Waals surface area contributed by atoms with Gasteiger partial charge in [-0.2, -0.15) is 11.1 Å². The first-order valence-electron chi connectivity index (χ1n) is 20.6. The molecule has 0 aliphatic carbocycles. The third-order valence-electron chi connectivity index (χ3n) is 11.4. The fourth-order valence-corrected chi connectivity index (χ4v) is 10.5. The molecule has 56 heavy (non-hydrogen) atoms. The van der Waals surface area contributed by atoms with Gasteiger partial charge >= 0.3 is 54.7 Å². The molecular formula is C52H68Cl2SiZr-2. The van der Waals surface area contributed by atoms with E-state index in [1.165, 1.54) is 102 Å². The summed E-state index contributed by atoms with van der Waals surface area (Å²) in [6, 6.07) is 38.0. The van der Waals surface area contributed by atoms with Crippen LogP contribution in [0.5, 0.6) is 0 Å². The van der Waals surface area contributed by atoms with Crippen molar-refractivity contribution in [3.05, 3.63) is 130 Å². The predicted octanol–water partition coefficient (Wildman–Crippen LogP) is 10.3. The molecule has 0 bridgehead atoms. The molecule has 0 aliphatic heterocycles. The average Bonchev–Trinajstić information content (AvgIpc) is 3.68. The number of rotatable bonds is 8. The standard InChI is InChI=1S/2C24H29.C4H10Si.2ClH.Zr/c2*1-7-16(2)18-11-13-19(14-12-18)21-10-8-9-20-15-22(24(4,5)6)17(3)23(20)21;1-3-4-5-2;;;/h2*8-16H,7H2,1-6H3;3-4H2,1-2H3;2*1H;/q2*-1;;;;+2/p-2. The van der Waals surface area contributed by atoms with Gasteiger partial charge in [-0.3, -0.25) is 0 Å². The van der Waals surface area contributed by atoms with Crippen molar-refractivity contribution in [2.24, 2.45) is 0 Å². The topological polar surface area (TPSA) is 0 Å². The van der Waals surface area contributed by atoms with Crippen LogP contribution in [0.25, 0.3) is 43.8 Å².